The van der Waals surface area contributed by atoms with Gasteiger partial charge in [0.2, 0.25) is 0 Å². The van der Waals surface area contributed by atoms with Crippen molar-refractivity contribution in [3.8, 4) is 0 Å². The van der Waals surface area contributed by atoms with Gasteiger partial charge < -0.3 is 48.7 Å². The SMILES string of the molecule is CC[C@@H]1OC(=O)[C@H](C)[C@@H](O)[C@H](C)[C@@H](O[C@@H]2O[C@H](C)C[C@H](N(C)C)[C@H]2OC(C)=O)[C@@](C)(OC)C[C@@H](C)/C(=N\OC(C)=O)[C@@H](C)[C@@H](O)[C@]1(C)O. The molecule has 0 saturated carbocycles. The molecule has 0 spiro atoms. The number of oxime groups is 1. The van der Waals surface area contributed by atoms with Gasteiger partial charge in [0.05, 0.1) is 47.7 Å². The van der Waals surface area contributed by atoms with Crippen LogP contribution >= 0.6 is 0 Å². The van der Waals surface area contributed by atoms with Crippen LogP contribution in [0.25, 0.3) is 0 Å². The molecular weight excluding hydrogens is 628 g/mol. The molecule has 2 rings (SSSR count). The maximum absolute atomic E-state index is 13.5. The number of rotatable bonds is 7. The molecule has 0 unspecified atom stereocenters. The van der Waals surface area contributed by atoms with Gasteiger partial charge in [-0.3, -0.25) is 9.59 Å². The minimum absolute atomic E-state index is 0.151. The van der Waals surface area contributed by atoms with E-state index in [0.29, 0.717) is 6.42 Å². The Labute approximate surface area is 285 Å². The Bertz CT molecular complexity index is 1130. The smallest absolute Gasteiger partial charge is 0.331 e. The molecule has 0 bridgehead atoms. The molecule has 0 aromatic carbocycles. The minimum atomic E-state index is -1.94. The molecule has 14 heteroatoms. The molecule has 278 valence electrons. The van der Waals surface area contributed by atoms with Gasteiger partial charge in [-0.1, -0.05) is 32.9 Å². The molecule has 0 aromatic rings. The van der Waals surface area contributed by atoms with Crippen molar-refractivity contribution in [1.29, 1.82) is 0 Å². The second-order valence-electron chi connectivity index (χ2n) is 14.4. The average molecular weight is 689 g/mol. The van der Waals surface area contributed by atoms with Crippen molar-refractivity contribution in [3.05, 3.63) is 0 Å². The molecule has 2 fully saturated rings. The number of esters is 2. The number of hydrogen-bond acceptors (Lipinski definition) is 14. The average Bonchev–Trinajstić information content (AvgIpc) is 3.00. The van der Waals surface area contributed by atoms with Crippen LogP contribution < -0.4 is 0 Å². The largest absolute Gasteiger partial charge is 0.459 e. The van der Waals surface area contributed by atoms with Gasteiger partial charge in [-0.25, -0.2) is 4.79 Å². The molecule has 3 N–H and O–H groups in total. The third kappa shape index (κ3) is 9.73. The molecule has 14 nitrogen and oxygen atoms in total. The van der Waals surface area contributed by atoms with E-state index < -0.39 is 89.6 Å². The molecule has 2 aliphatic rings. The van der Waals surface area contributed by atoms with Crippen molar-refractivity contribution < 1.29 is 58.2 Å². The second-order valence-corrected chi connectivity index (χ2v) is 14.4. The number of nitrogens with zero attached hydrogens (tertiary/aromatic N) is 2. The van der Waals surface area contributed by atoms with Crippen molar-refractivity contribution in [3.63, 3.8) is 0 Å². The highest BCUT2D eigenvalue weighted by Gasteiger charge is 2.52. The highest BCUT2D eigenvalue weighted by atomic mass is 16.7. The molecule has 2 heterocycles. The number of hydrogen-bond donors (Lipinski definition) is 3. The third-order valence-electron chi connectivity index (χ3n) is 10.1. The summed E-state index contributed by atoms with van der Waals surface area (Å²) in [5, 5.41) is 39.0. The zero-order chi connectivity index (χ0) is 36.9. The fourth-order valence-corrected chi connectivity index (χ4v) is 7.19. The van der Waals surface area contributed by atoms with Crippen molar-refractivity contribution in [2.24, 2.45) is 28.8 Å². The number of aliphatic hydroxyl groups is 3. The normalized spacial score (nSPS) is 42.9. The Morgan fingerprint density at radius 2 is 1.65 bits per heavy atom. The third-order valence-corrected chi connectivity index (χ3v) is 10.1. The lowest BCUT2D eigenvalue weighted by Crippen LogP contribution is -2.61. The summed E-state index contributed by atoms with van der Waals surface area (Å²) in [4.78, 5) is 44.7. The van der Waals surface area contributed by atoms with E-state index in [1.807, 2.05) is 32.8 Å². The van der Waals surface area contributed by atoms with E-state index in [1.54, 1.807) is 27.7 Å². The fraction of sp³-hybridized carbons (Fsp3) is 0.882. The van der Waals surface area contributed by atoms with Crippen LogP contribution in [0.15, 0.2) is 5.16 Å². The van der Waals surface area contributed by atoms with Crippen molar-refractivity contribution in [1.82, 2.24) is 4.90 Å². The number of cyclic esters (lactones) is 1. The van der Waals surface area contributed by atoms with Crippen molar-refractivity contribution in [2.45, 2.75) is 149 Å². The van der Waals surface area contributed by atoms with Crippen LogP contribution in [0.4, 0.5) is 0 Å². The maximum atomic E-state index is 13.5. The van der Waals surface area contributed by atoms with E-state index in [4.69, 9.17) is 28.5 Å². The van der Waals surface area contributed by atoms with E-state index in [0.717, 1.165) is 0 Å². The molecule has 48 heavy (non-hydrogen) atoms. The van der Waals surface area contributed by atoms with Gasteiger partial charge in [-0.15, -0.1) is 0 Å². The summed E-state index contributed by atoms with van der Waals surface area (Å²) >= 11 is 0. The van der Waals surface area contributed by atoms with E-state index in [9.17, 15) is 29.7 Å². The first kappa shape index (κ1) is 42.0. The monoisotopic (exact) mass is 688 g/mol. The van der Waals surface area contributed by atoms with E-state index in [2.05, 4.69) is 5.16 Å². The van der Waals surface area contributed by atoms with Crippen molar-refractivity contribution >= 4 is 23.6 Å². The molecule has 2 saturated heterocycles. The van der Waals surface area contributed by atoms with Gasteiger partial charge in [-0.05, 0) is 61.1 Å². The topological polar surface area (TPSA) is 183 Å². The van der Waals surface area contributed by atoms with Crippen LogP contribution in [-0.4, -0.2) is 125 Å². The lowest BCUT2D eigenvalue weighted by molar-refractivity contribution is -0.303. The highest BCUT2D eigenvalue weighted by molar-refractivity contribution is 5.89. The predicted octanol–water partition coefficient (Wildman–Crippen LogP) is 2.44. The molecule has 0 radical (unpaired) electrons. The van der Waals surface area contributed by atoms with Crippen molar-refractivity contribution in [2.75, 3.05) is 21.2 Å². The van der Waals surface area contributed by atoms with E-state index in [-0.39, 0.29) is 30.7 Å². The summed E-state index contributed by atoms with van der Waals surface area (Å²) in [5.74, 6) is -5.32. The first-order chi connectivity index (χ1) is 22.1. The van der Waals surface area contributed by atoms with Crippen LogP contribution in [0.5, 0.6) is 0 Å². The summed E-state index contributed by atoms with van der Waals surface area (Å²) in [6.07, 6.45) is -6.32. The second kappa shape index (κ2) is 17.1. The molecule has 0 amide bonds. The summed E-state index contributed by atoms with van der Waals surface area (Å²) in [6.45, 7) is 15.9. The number of methoxy groups -OCH3 is 1. The number of aliphatic hydroxyl groups excluding tert-OH is 2. The molecule has 14 atom stereocenters. The molecule has 0 aromatic heterocycles. The quantitative estimate of drug-likeness (QED) is 0.202. The predicted molar refractivity (Wildman–Crippen MR) is 176 cm³/mol. The Morgan fingerprint density at radius 3 is 2.15 bits per heavy atom. The summed E-state index contributed by atoms with van der Waals surface area (Å²) in [6, 6.07) is -0.258. The zero-order valence-corrected chi connectivity index (χ0v) is 31.0. The Balaban J connectivity index is 2.79. The van der Waals surface area contributed by atoms with Gasteiger partial charge in [0.25, 0.3) is 0 Å². The van der Waals surface area contributed by atoms with E-state index >= 15 is 0 Å². The van der Waals surface area contributed by atoms with Crippen LogP contribution in [0.3, 0.4) is 0 Å². The first-order valence-corrected chi connectivity index (χ1v) is 16.9. The van der Waals surface area contributed by atoms with Gasteiger partial charge in [-0.2, -0.15) is 0 Å². The fourth-order valence-electron chi connectivity index (χ4n) is 7.19. The maximum Gasteiger partial charge on any atom is 0.331 e. The number of likely N-dealkylation sites (N-methyl/N-ethyl adjacent to an activating group) is 1. The number of carbonyl (C=O) groups excluding carboxylic acids is 3. The van der Waals surface area contributed by atoms with Gasteiger partial charge in [0.1, 0.15) is 11.7 Å². The van der Waals surface area contributed by atoms with Crippen LogP contribution in [0.2, 0.25) is 0 Å². The summed E-state index contributed by atoms with van der Waals surface area (Å²) in [5.41, 5.74) is -2.95. The van der Waals surface area contributed by atoms with Gasteiger partial charge in [0, 0.05) is 38.7 Å². The lowest BCUT2D eigenvalue weighted by atomic mass is 9.73. The first-order valence-electron chi connectivity index (χ1n) is 16.9. The lowest BCUT2D eigenvalue weighted by Gasteiger charge is -2.48. The summed E-state index contributed by atoms with van der Waals surface area (Å²) < 4.78 is 30.7. The van der Waals surface area contributed by atoms with E-state index in [1.165, 1.54) is 34.8 Å². The molecule has 2 aliphatic heterocycles. The molecular formula is C34H60N2O12. The minimum Gasteiger partial charge on any atom is -0.459 e. The standard InChI is InChI=1S/C34H60N2O12/c1-14-25-34(10,42)29(40)19(4)26(35-48-23(8)38)17(2)16-33(9,43-13)30(20(5)27(39)21(6)31(41)46-25)47-32-28(45-22(7)37)24(36(11)12)15-18(3)44-32/h17-21,24-25,27-30,32,39-40,42H,14-16H2,1-13H3/b35-26+/t17-,18-,19-,20+,21-,24+,25+,27+,28-,29-,30-,32+,33+,34-/m1/s1. The van der Waals surface area contributed by atoms with Crippen LogP contribution in [0, 0.1) is 23.7 Å². The van der Waals surface area contributed by atoms with Crippen LogP contribution in [-0.2, 0) is 42.9 Å². The number of carbonyl (C=O) groups is 3. The van der Waals surface area contributed by atoms with Crippen LogP contribution in [0.1, 0.15) is 88.5 Å². The Morgan fingerprint density at radius 1 is 1.04 bits per heavy atom. The number of ether oxygens (including phenoxy) is 5. The Hall–Kier alpha value is -2.20. The van der Waals surface area contributed by atoms with Gasteiger partial charge >= 0.3 is 17.9 Å². The highest BCUT2D eigenvalue weighted by Crippen LogP contribution is 2.40. The summed E-state index contributed by atoms with van der Waals surface area (Å²) in [7, 11) is 5.23. The molecule has 0 aliphatic carbocycles. The Kier molecular flexibility index (Phi) is 15.0. The van der Waals surface area contributed by atoms with Gasteiger partial charge in [0.15, 0.2) is 12.4 Å². The zero-order valence-electron chi connectivity index (χ0n) is 31.0.